The summed E-state index contributed by atoms with van der Waals surface area (Å²) in [6, 6.07) is 3.71. The second kappa shape index (κ2) is 7.48. The van der Waals surface area contributed by atoms with Crippen LogP contribution in [0.4, 0.5) is 19.3 Å². The minimum atomic E-state index is -0.838. The van der Waals surface area contributed by atoms with Gasteiger partial charge in [0.2, 0.25) is 5.91 Å². The average molecular weight is 387 g/mol. The van der Waals surface area contributed by atoms with Crippen molar-refractivity contribution in [2.75, 3.05) is 11.9 Å². The maximum atomic E-state index is 14.0. The molecule has 8 nitrogen and oxygen atoms in total. The molecule has 144 valence electrons. The van der Waals surface area contributed by atoms with Crippen LogP contribution in [0.15, 0.2) is 24.4 Å². The predicted molar refractivity (Wildman–Crippen MR) is 93.0 cm³/mol. The number of nitrogens with one attached hydrogen (secondary N) is 2. The Balaban J connectivity index is 1.68. The van der Waals surface area contributed by atoms with Crippen LogP contribution >= 0.6 is 0 Å². The number of amides is 3. The summed E-state index contributed by atoms with van der Waals surface area (Å²) in [7, 11) is 0. The van der Waals surface area contributed by atoms with E-state index in [2.05, 4.69) is 15.6 Å². The first-order chi connectivity index (χ1) is 13.3. The van der Waals surface area contributed by atoms with Crippen molar-refractivity contribution in [1.29, 1.82) is 5.26 Å². The third kappa shape index (κ3) is 3.68. The first-order valence-electron chi connectivity index (χ1n) is 8.21. The summed E-state index contributed by atoms with van der Waals surface area (Å²) >= 11 is 0. The molecule has 0 saturated heterocycles. The normalized spacial score (nSPS) is 13.9. The molecule has 0 saturated carbocycles. The fraction of sp³-hybridized carbons (Fsp3) is 0.222. The van der Waals surface area contributed by atoms with Crippen molar-refractivity contribution in [2.45, 2.75) is 19.5 Å². The summed E-state index contributed by atoms with van der Waals surface area (Å²) in [5, 5.41) is 23.5. The number of halogens is 2. The summed E-state index contributed by atoms with van der Waals surface area (Å²) in [4.78, 5) is 29.3. The zero-order chi connectivity index (χ0) is 20.4. The van der Waals surface area contributed by atoms with E-state index in [1.54, 1.807) is 6.07 Å². The van der Waals surface area contributed by atoms with E-state index in [4.69, 9.17) is 5.26 Å². The topological polar surface area (TPSA) is 118 Å². The van der Waals surface area contributed by atoms with Crippen LogP contribution < -0.4 is 10.6 Å². The molecule has 0 radical (unpaired) electrons. The first kappa shape index (κ1) is 19.0. The molecule has 1 aliphatic heterocycles. The Bertz CT molecular complexity index is 1010. The average Bonchev–Trinajstić information content (AvgIpc) is 2.65. The lowest BCUT2D eigenvalue weighted by Gasteiger charge is -2.29. The van der Waals surface area contributed by atoms with E-state index in [0.29, 0.717) is 0 Å². The summed E-state index contributed by atoms with van der Waals surface area (Å²) in [6.07, 6.45) is 1.19. The first-order valence-corrected chi connectivity index (χ1v) is 8.21. The van der Waals surface area contributed by atoms with Crippen LogP contribution in [0.25, 0.3) is 0 Å². The van der Waals surface area contributed by atoms with E-state index in [1.807, 2.05) is 0 Å². The maximum Gasteiger partial charge on any atom is 0.322 e. The molecule has 1 atom stereocenters. The van der Waals surface area contributed by atoms with Gasteiger partial charge in [-0.25, -0.2) is 13.6 Å². The van der Waals surface area contributed by atoms with Gasteiger partial charge in [0.05, 0.1) is 29.5 Å². The number of phenolic OH excluding ortho intramolecular Hbond substituents is 1. The van der Waals surface area contributed by atoms with E-state index in [1.165, 1.54) is 19.2 Å². The summed E-state index contributed by atoms with van der Waals surface area (Å²) < 4.78 is 27.5. The van der Waals surface area contributed by atoms with Gasteiger partial charge in [0, 0.05) is 11.8 Å². The smallest absolute Gasteiger partial charge is 0.322 e. The van der Waals surface area contributed by atoms with E-state index in [0.717, 1.165) is 17.0 Å². The van der Waals surface area contributed by atoms with Crippen LogP contribution in [0.5, 0.6) is 5.75 Å². The molecule has 28 heavy (non-hydrogen) atoms. The summed E-state index contributed by atoms with van der Waals surface area (Å²) in [5.74, 6) is -2.78. The minimum absolute atomic E-state index is 0.0514. The number of carbonyl (C=O) groups excluding carboxylic acids is 2. The SMILES string of the molecule is C[C@@H](NC(=O)CN1Cc2c(ccc(F)c2O)NC1=O)c1ncc(C#N)cc1F. The second-order valence-electron chi connectivity index (χ2n) is 6.20. The molecule has 2 heterocycles. The van der Waals surface area contributed by atoms with Crippen molar-refractivity contribution in [3.8, 4) is 11.8 Å². The third-order valence-corrected chi connectivity index (χ3v) is 4.23. The fourth-order valence-electron chi connectivity index (χ4n) is 2.83. The Kier molecular flexibility index (Phi) is 5.08. The number of hydrogen-bond acceptors (Lipinski definition) is 5. The molecular weight excluding hydrogens is 372 g/mol. The van der Waals surface area contributed by atoms with Crippen molar-refractivity contribution in [1.82, 2.24) is 15.2 Å². The van der Waals surface area contributed by atoms with Crippen molar-refractivity contribution in [3.63, 3.8) is 0 Å². The number of nitriles is 1. The Morgan fingerprint density at radius 1 is 1.46 bits per heavy atom. The zero-order valence-corrected chi connectivity index (χ0v) is 14.7. The van der Waals surface area contributed by atoms with Crippen molar-refractivity contribution < 1.29 is 23.5 Å². The van der Waals surface area contributed by atoms with Gasteiger partial charge in [0.1, 0.15) is 18.4 Å². The van der Waals surface area contributed by atoms with Gasteiger partial charge in [-0.3, -0.25) is 9.78 Å². The Hall–Kier alpha value is -3.74. The van der Waals surface area contributed by atoms with E-state index in [-0.39, 0.29) is 29.1 Å². The van der Waals surface area contributed by atoms with Gasteiger partial charge >= 0.3 is 6.03 Å². The highest BCUT2D eigenvalue weighted by molar-refractivity contribution is 5.95. The van der Waals surface area contributed by atoms with Crippen LogP contribution in [-0.4, -0.2) is 33.5 Å². The number of aromatic hydroxyl groups is 1. The van der Waals surface area contributed by atoms with Gasteiger partial charge in [-0.2, -0.15) is 5.26 Å². The number of carbonyl (C=O) groups is 2. The van der Waals surface area contributed by atoms with Crippen molar-refractivity contribution in [3.05, 3.63) is 52.9 Å². The highest BCUT2D eigenvalue weighted by Crippen LogP contribution is 2.32. The standard InChI is InChI=1S/C18H15F2N5O3/c1-9(16-13(20)4-10(5-21)6-22-16)23-15(26)8-25-7-11-14(24-18(25)28)3-2-12(19)17(11)27/h2-4,6,9,27H,7-8H2,1H3,(H,23,26)(H,24,28)/t9-/m1/s1. The van der Waals surface area contributed by atoms with Crippen molar-refractivity contribution >= 4 is 17.6 Å². The number of anilines is 1. The molecule has 0 unspecified atom stereocenters. The molecule has 1 aromatic carbocycles. The third-order valence-electron chi connectivity index (χ3n) is 4.23. The number of benzene rings is 1. The number of urea groups is 1. The Morgan fingerprint density at radius 3 is 2.89 bits per heavy atom. The van der Waals surface area contributed by atoms with Crippen LogP contribution in [0, 0.1) is 23.0 Å². The van der Waals surface area contributed by atoms with Crippen LogP contribution in [0.1, 0.15) is 29.8 Å². The quantitative estimate of drug-likeness (QED) is 0.743. The molecule has 0 bridgehead atoms. The number of phenols is 1. The number of hydrogen-bond donors (Lipinski definition) is 3. The molecule has 0 aliphatic carbocycles. The number of pyridine rings is 1. The van der Waals surface area contributed by atoms with E-state index in [9.17, 15) is 23.5 Å². The molecule has 3 rings (SSSR count). The van der Waals surface area contributed by atoms with Crippen molar-refractivity contribution in [2.24, 2.45) is 0 Å². The molecule has 1 aromatic heterocycles. The molecule has 0 spiro atoms. The highest BCUT2D eigenvalue weighted by atomic mass is 19.1. The highest BCUT2D eigenvalue weighted by Gasteiger charge is 2.28. The maximum absolute atomic E-state index is 14.0. The fourth-order valence-corrected chi connectivity index (χ4v) is 2.83. The minimum Gasteiger partial charge on any atom is -0.505 e. The van der Waals surface area contributed by atoms with Gasteiger partial charge < -0.3 is 20.6 Å². The number of nitrogens with zero attached hydrogens (tertiary/aromatic N) is 3. The Morgan fingerprint density at radius 2 is 2.21 bits per heavy atom. The summed E-state index contributed by atoms with van der Waals surface area (Å²) in [5.41, 5.74) is 0.411. The van der Waals surface area contributed by atoms with Crippen LogP contribution in [0.3, 0.4) is 0 Å². The zero-order valence-electron chi connectivity index (χ0n) is 14.7. The van der Waals surface area contributed by atoms with Crippen LogP contribution in [0.2, 0.25) is 0 Å². The molecular formula is C18H15F2N5O3. The molecule has 0 fully saturated rings. The lowest BCUT2D eigenvalue weighted by atomic mass is 10.1. The molecule has 1 aliphatic rings. The lowest BCUT2D eigenvalue weighted by molar-refractivity contribution is -0.122. The van der Waals surface area contributed by atoms with Crippen LogP contribution in [-0.2, 0) is 11.3 Å². The van der Waals surface area contributed by atoms with Gasteiger partial charge in [-0.1, -0.05) is 0 Å². The van der Waals surface area contributed by atoms with E-state index < -0.39 is 41.9 Å². The molecule has 3 amide bonds. The molecule has 2 aromatic rings. The number of fused-ring (bicyclic) bond motifs is 1. The molecule has 10 heteroatoms. The summed E-state index contributed by atoms with van der Waals surface area (Å²) in [6.45, 7) is 0.932. The number of rotatable bonds is 4. The van der Waals surface area contributed by atoms with Gasteiger partial charge in [-0.05, 0) is 25.1 Å². The predicted octanol–water partition coefficient (Wildman–Crippen LogP) is 2.16. The number of aromatic nitrogens is 1. The lowest BCUT2D eigenvalue weighted by Crippen LogP contribution is -2.45. The van der Waals surface area contributed by atoms with Gasteiger partial charge in [0.15, 0.2) is 11.6 Å². The largest absolute Gasteiger partial charge is 0.505 e. The molecule has 3 N–H and O–H groups in total. The van der Waals surface area contributed by atoms with Gasteiger partial charge in [-0.15, -0.1) is 0 Å². The van der Waals surface area contributed by atoms with Gasteiger partial charge in [0.25, 0.3) is 0 Å². The Labute approximate surface area is 158 Å². The monoisotopic (exact) mass is 387 g/mol. The second-order valence-corrected chi connectivity index (χ2v) is 6.20. The van der Waals surface area contributed by atoms with E-state index >= 15 is 0 Å².